The molecule has 1 fully saturated rings. The molecule has 2 aliphatic rings. The van der Waals surface area contributed by atoms with Crippen LogP contribution in [0.1, 0.15) is 10.8 Å². The second-order valence-electron chi connectivity index (χ2n) is 6.58. The molecule has 0 bridgehead atoms. The third-order valence-corrected chi connectivity index (χ3v) is 5.98. The Kier molecular flexibility index (Phi) is 4.38. The SMILES string of the molecule is CN1C(=O)C2C(=CC(N(C)C)C([N+](=O)[O-])C2c2cccs2)N(C)C1=O. The van der Waals surface area contributed by atoms with E-state index in [0.29, 0.717) is 5.70 Å². The average molecular weight is 364 g/mol. The smallest absolute Gasteiger partial charge is 0.300 e. The number of amides is 3. The van der Waals surface area contributed by atoms with Gasteiger partial charge in [0, 0.05) is 29.6 Å². The van der Waals surface area contributed by atoms with Crippen LogP contribution in [0.5, 0.6) is 0 Å². The van der Waals surface area contributed by atoms with Crippen LogP contribution in [0.4, 0.5) is 4.79 Å². The van der Waals surface area contributed by atoms with Crippen LogP contribution in [0.2, 0.25) is 0 Å². The summed E-state index contributed by atoms with van der Waals surface area (Å²) < 4.78 is 0. The fraction of sp³-hybridized carbons (Fsp3) is 0.500. The summed E-state index contributed by atoms with van der Waals surface area (Å²) in [5, 5.41) is 13.8. The number of carbonyl (C=O) groups is 2. The van der Waals surface area contributed by atoms with E-state index >= 15 is 0 Å². The second kappa shape index (κ2) is 6.23. The third-order valence-electron chi connectivity index (χ3n) is 5.01. The van der Waals surface area contributed by atoms with Gasteiger partial charge in [0.2, 0.25) is 11.9 Å². The van der Waals surface area contributed by atoms with E-state index in [-0.39, 0.29) is 4.92 Å². The quantitative estimate of drug-likeness (QED) is 0.598. The Morgan fingerprint density at radius 2 is 1.92 bits per heavy atom. The first-order valence-electron chi connectivity index (χ1n) is 7.86. The molecule has 4 unspecified atom stereocenters. The van der Waals surface area contributed by atoms with Crippen LogP contribution in [0.25, 0.3) is 0 Å². The van der Waals surface area contributed by atoms with Crippen LogP contribution in [0.3, 0.4) is 0 Å². The summed E-state index contributed by atoms with van der Waals surface area (Å²) in [7, 11) is 6.56. The fourth-order valence-corrected chi connectivity index (χ4v) is 4.64. The Morgan fingerprint density at radius 1 is 1.24 bits per heavy atom. The normalized spacial score (nSPS) is 29.7. The molecule has 3 amide bonds. The highest BCUT2D eigenvalue weighted by Gasteiger charge is 2.56. The Balaban J connectivity index is 2.22. The van der Waals surface area contributed by atoms with Gasteiger partial charge in [-0.2, -0.15) is 0 Å². The molecule has 0 aromatic carbocycles. The lowest BCUT2D eigenvalue weighted by Gasteiger charge is -2.45. The number of carbonyl (C=O) groups excluding carboxylic acids is 2. The molecular weight excluding hydrogens is 344 g/mol. The Hall–Kier alpha value is -2.26. The van der Waals surface area contributed by atoms with E-state index in [9.17, 15) is 19.7 Å². The number of urea groups is 1. The molecule has 2 heterocycles. The van der Waals surface area contributed by atoms with Gasteiger partial charge in [0.15, 0.2) is 0 Å². The van der Waals surface area contributed by atoms with Gasteiger partial charge in [-0.3, -0.25) is 24.7 Å². The molecule has 3 rings (SSSR count). The number of hydrogen-bond donors (Lipinski definition) is 0. The molecule has 0 radical (unpaired) electrons. The first-order valence-corrected chi connectivity index (χ1v) is 8.74. The molecule has 1 saturated heterocycles. The topological polar surface area (TPSA) is 87.0 Å². The predicted octanol–water partition coefficient (Wildman–Crippen LogP) is 1.44. The summed E-state index contributed by atoms with van der Waals surface area (Å²) in [6.45, 7) is 0. The molecule has 0 spiro atoms. The molecule has 8 nitrogen and oxygen atoms in total. The number of nitrogens with zero attached hydrogens (tertiary/aromatic N) is 4. The van der Waals surface area contributed by atoms with Gasteiger partial charge in [-0.25, -0.2) is 4.79 Å². The highest BCUT2D eigenvalue weighted by molar-refractivity contribution is 7.10. The Morgan fingerprint density at radius 3 is 2.44 bits per heavy atom. The van der Waals surface area contributed by atoms with Gasteiger partial charge < -0.3 is 4.90 Å². The third kappa shape index (κ3) is 2.63. The van der Waals surface area contributed by atoms with E-state index in [4.69, 9.17) is 0 Å². The number of hydrogen-bond acceptors (Lipinski definition) is 6. The van der Waals surface area contributed by atoms with Gasteiger partial charge in [0.25, 0.3) is 0 Å². The van der Waals surface area contributed by atoms with Crippen LogP contribution in [-0.4, -0.2) is 71.8 Å². The second-order valence-corrected chi connectivity index (χ2v) is 7.56. The number of nitro groups is 1. The fourth-order valence-electron chi connectivity index (χ4n) is 3.73. The van der Waals surface area contributed by atoms with E-state index in [1.807, 2.05) is 17.5 Å². The van der Waals surface area contributed by atoms with Crippen molar-refractivity contribution in [2.75, 3.05) is 28.2 Å². The molecule has 1 aliphatic heterocycles. The van der Waals surface area contributed by atoms with E-state index in [0.717, 1.165) is 9.78 Å². The van der Waals surface area contributed by atoms with Crippen molar-refractivity contribution < 1.29 is 14.5 Å². The molecule has 134 valence electrons. The van der Waals surface area contributed by atoms with Crippen molar-refractivity contribution >= 4 is 23.3 Å². The minimum atomic E-state index is -0.971. The van der Waals surface area contributed by atoms with Crippen LogP contribution in [0.15, 0.2) is 29.3 Å². The van der Waals surface area contributed by atoms with E-state index < -0.39 is 35.9 Å². The van der Waals surface area contributed by atoms with Crippen molar-refractivity contribution in [1.82, 2.24) is 14.7 Å². The highest BCUT2D eigenvalue weighted by Crippen LogP contribution is 2.45. The van der Waals surface area contributed by atoms with Crippen LogP contribution in [0, 0.1) is 16.0 Å². The number of thiophene rings is 1. The molecule has 1 aromatic heterocycles. The standard InChI is InChI=1S/C16H20N4O4S/c1-17(2)10-8-9-12(15(21)19(4)16(22)18(9)3)13(14(10)20(23)24)11-6-5-7-25-11/h5-8,10,12-14H,1-4H3. The van der Waals surface area contributed by atoms with E-state index in [1.165, 1.54) is 23.3 Å². The molecule has 4 atom stereocenters. The largest absolute Gasteiger partial charge is 0.330 e. The van der Waals surface area contributed by atoms with Gasteiger partial charge in [0.05, 0.1) is 17.9 Å². The Bertz CT molecular complexity index is 745. The van der Waals surface area contributed by atoms with E-state index in [2.05, 4.69) is 0 Å². The molecule has 9 heteroatoms. The zero-order valence-electron chi connectivity index (χ0n) is 14.4. The van der Waals surface area contributed by atoms with Crippen LogP contribution < -0.4 is 0 Å². The average Bonchev–Trinajstić information content (AvgIpc) is 3.10. The van der Waals surface area contributed by atoms with Gasteiger partial charge in [-0.15, -0.1) is 11.3 Å². The van der Waals surface area contributed by atoms with Crippen molar-refractivity contribution in [3.63, 3.8) is 0 Å². The minimum absolute atomic E-state index is 0.300. The van der Waals surface area contributed by atoms with Gasteiger partial charge in [0.1, 0.15) is 0 Å². The molecule has 1 aromatic rings. The molecule has 1 aliphatic carbocycles. The highest BCUT2D eigenvalue weighted by atomic mass is 32.1. The summed E-state index contributed by atoms with van der Waals surface area (Å²) in [6, 6.07) is 1.74. The maximum absolute atomic E-state index is 12.9. The zero-order valence-corrected chi connectivity index (χ0v) is 15.3. The first kappa shape index (κ1) is 17.6. The summed E-state index contributed by atoms with van der Waals surface area (Å²) in [5.74, 6) is -1.75. The zero-order chi connectivity index (χ0) is 18.5. The van der Waals surface area contributed by atoms with Gasteiger partial charge in [-0.05, 0) is 31.6 Å². The first-order chi connectivity index (χ1) is 11.8. The summed E-state index contributed by atoms with van der Waals surface area (Å²) in [4.78, 5) is 41.9. The van der Waals surface area contributed by atoms with Crippen molar-refractivity contribution in [1.29, 1.82) is 0 Å². The van der Waals surface area contributed by atoms with E-state index in [1.54, 1.807) is 32.1 Å². The maximum atomic E-state index is 12.9. The summed E-state index contributed by atoms with van der Waals surface area (Å²) in [6.07, 6.45) is 1.70. The summed E-state index contributed by atoms with van der Waals surface area (Å²) >= 11 is 1.40. The predicted molar refractivity (Wildman–Crippen MR) is 92.8 cm³/mol. The van der Waals surface area contributed by atoms with Crippen molar-refractivity contribution in [2.24, 2.45) is 5.92 Å². The lowest BCUT2D eigenvalue weighted by molar-refractivity contribution is -0.534. The van der Waals surface area contributed by atoms with Crippen LogP contribution >= 0.6 is 11.3 Å². The molecule has 0 N–H and O–H groups in total. The van der Waals surface area contributed by atoms with Crippen molar-refractivity contribution in [2.45, 2.75) is 18.0 Å². The van der Waals surface area contributed by atoms with Gasteiger partial charge >= 0.3 is 6.03 Å². The number of imide groups is 1. The minimum Gasteiger partial charge on any atom is -0.300 e. The molecule has 0 saturated carbocycles. The molecule has 25 heavy (non-hydrogen) atoms. The maximum Gasteiger partial charge on any atom is 0.330 e. The lowest BCUT2D eigenvalue weighted by Crippen LogP contribution is -2.60. The van der Waals surface area contributed by atoms with Gasteiger partial charge in [-0.1, -0.05) is 6.07 Å². The van der Waals surface area contributed by atoms with Crippen molar-refractivity contribution in [3.05, 3.63) is 44.3 Å². The molecular formula is C16H20N4O4S. The number of fused-ring (bicyclic) bond motifs is 1. The number of rotatable bonds is 3. The van der Waals surface area contributed by atoms with Crippen molar-refractivity contribution in [3.8, 4) is 0 Å². The number of likely N-dealkylation sites (N-methyl/N-ethyl adjacent to an activating group) is 1. The van der Waals surface area contributed by atoms with Crippen LogP contribution in [-0.2, 0) is 4.79 Å². The lowest BCUT2D eigenvalue weighted by atomic mass is 9.73. The Labute approximate surface area is 149 Å². The summed E-state index contributed by atoms with van der Waals surface area (Å²) in [5.41, 5.74) is 0.545. The monoisotopic (exact) mass is 364 g/mol.